The van der Waals surface area contributed by atoms with Crippen LogP contribution < -0.4 is 4.90 Å². The highest BCUT2D eigenvalue weighted by atomic mass is 32.2. The highest BCUT2D eigenvalue weighted by Gasteiger charge is 2.35. The number of sulfonamides is 1. The summed E-state index contributed by atoms with van der Waals surface area (Å²) in [6, 6.07) is 9.46. The van der Waals surface area contributed by atoms with Gasteiger partial charge in [-0.3, -0.25) is 4.98 Å². The molecular weight excluding hydrogens is 374 g/mol. The van der Waals surface area contributed by atoms with Crippen LogP contribution in [-0.4, -0.2) is 53.9 Å². The Bertz CT molecular complexity index is 1050. The van der Waals surface area contributed by atoms with Gasteiger partial charge >= 0.3 is 0 Å². The number of rotatable bonds is 5. The van der Waals surface area contributed by atoms with Gasteiger partial charge in [-0.05, 0) is 36.6 Å². The van der Waals surface area contributed by atoms with Gasteiger partial charge in [-0.25, -0.2) is 13.4 Å². The number of hydrogen-bond donors (Lipinski definition) is 1. The van der Waals surface area contributed by atoms with Crippen molar-refractivity contribution in [2.45, 2.75) is 25.1 Å². The minimum absolute atomic E-state index is 0.0596. The molecule has 2 atom stereocenters. The van der Waals surface area contributed by atoms with Gasteiger partial charge in [-0.1, -0.05) is 13.0 Å². The predicted octanol–water partition coefficient (Wildman–Crippen LogP) is 2.63. The number of aromatic nitrogens is 3. The summed E-state index contributed by atoms with van der Waals surface area (Å²) in [6.45, 7) is 3.22. The molecule has 3 aromatic heterocycles. The van der Waals surface area contributed by atoms with E-state index in [9.17, 15) is 8.42 Å². The second-order valence-corrected chi connectivity index (χ2v) is 9.42. The van der Waals surface area contributed by atoms with Gasteiger partial charge < -0.3 is 9.88 Å². The first-order valence-corrected chi connectivity index (χ1v) is 11.1. The van der Waals surface area contributed by atoms with Gasteiger partial charge in [0.2, 0.25) is 10.0 Å². The van der Waals surface area contributed by atoms with Gasteiger partial charge in [0.1, 0.15) is 11.4 Å². The summed E-state index contributed by atoms with van der Waals surface area (Å²) in [5.74, 6) is 0.323. The Morgan fingerprint density at radius 2 is 2.07 bits per heavy atom. The monoisotopic (exact) mass is 399 g/mol. The molecule has 148 valence electrons. The second-order valence-electron chi connectivity index (χ2n) is 7.45. The predicted molar refractivity (Wildman–Crippen MR) is 110 cm³/mol. The third kappa shape index (κ3) is 3.62. The maximum Gasteiger partial charge on any atom is 0.219 e. The van der Waals surface area contributed by atoms with Crippen LogP contribution in [0.3, 0.4) is 0 Å². The van der Waals surface area contributed by atoms with Gasteiger partial charge in [0.15, 0.2) is 0 Å². The fraction of sp³-hybridized carbons (Fsp3) is 0.400. The highest BCUT2D eigenvalue weighted by Crippen LogP contribution is 2.31. The average molecular weight is 400 g/mol. The van der Waals surface area contributed by atoms with E-state index in [0.717, 1.165) is 23.1 Å². The molecule has 1 aliphatic rings. The van der Waals surface area contributed by atoms with Crippen LogP contribution in [0, 0.1) is 5.92 Å². The topological polar surface area (TPSA) is 82.2 Å². The van der Waals surface area contributed by atoms with Crippen molar-refractivity contribution in [3.63, 3.8) is 0 Å². The molecule has 0 saturated carbocycles. The number of aromatic amines is 1. The minimum atomic E-state index is -3.41. The normalized spacial score (nSPS) is 21.1. The Kier molecular flexibility index (Phi) is 5.07. The molecule has 1 fully saturated rings. The first-order valence-electron chi connectivity index (χ1n) is 9.48. The van der Waals surface area contributed by atoms with Crippen molar-refractivity contribution < 1.29 is 8.42 Å². The standard InChI is InChI=1S/C20H25N5O2S/c1-15-8-12-25(28(26,27)14-16-5-3-4-9-21-16)13-19(15)24(2)18-7-11-23-20-17(18)6-10-22-20/h3-7,9-11,15,19H,8,12-14H2,1-2H3,(H,22,23). The van der Waals surface area contributed by atoms with E-state index in [2.05, 4.69) is 26.8 Å². The molecule has 28 heavy (non-hydrogen) atoms. The van der Waals surface area contributed by atoms with E-state index in [0.29, 0.717) is 24.7 Å². The molecule has 0 spiro atoms. The number of hydrogen-bond acceptors (Lipinski definition) is 5. The van der Waals surface area contributed by atoms with Crippen molar-refractivity contribution in [1.82, 2.24) is 19.3 Å². The molecule has 8 heteroatoms. The lowest BCUT2D eigenvalue weighted by Gasteiger charge is -2.42. The summed E-state index contributed by atoms with van der Waals surface area (Å²) in [5, 5.41) is 1.05. The van der Waals surface area contributed by atoms with Crippen molar-refractivity contribution in [3.8, 4) is 0 Å². The molecule has 1 aliphatic heterocycles. The summed E-state index contributed by atoms with van der Waals surface area (Å²) in [7, 11) is -1.37. The molecule has 3 aromatic rings. The van der Waals surface area contributed by atoms with Crippen LogP contribution in [0.5, 0.6) is 0 Å². The van der Waals surface area contributed by atoms with E-state index in [-0.39, 0.29) is 11.8 Å². The Labute approximate surface area is 165 Å². The molecule has 7 nitrogen and oxygen atoms in total. The van der Waals surface area contributed by atoms with Gasteiger partial charge in [-0.15, -0.1) is 0 Å². The molecule has 0 amide bonds. The van der Waals surface area contributed by atoms with Crippen LogP contribution in [0.1, 0.15) is 19.0 Å². The number of nitrogens with one attached hydrogen (secondary N) is 1. The zero-order valence-corrected chi connectivity index (χ0v) is 16.9. The molecule has 0 aromatic carbocycles. The molecule has 0 bridgehead atoms. The van der Waals surface area contributed by atoms with E-state index < -0.39 is 10.0 Å². The van der Waals surface area contributed by atoms with Crippen LogP contribution in [0.25, 0.3) is 11.0 Å². The van der Waals surface area contributed by atoms with E-state index >= 15 is 0 Å². The molecule has 4 heterocycles. The zero-order chi connectivity index (χ0) is 19.7. The highest BCUT2D eigenvalue weighted by molar-refractivity contribution is 7.88. The van der Waals surface area contributed by atoms with Gasteiger partial charge in [0.05, 0.1) is 5.69 Å². The number of likely N-dealkylation sites (N-methyl/N-ethyl adjacent to an activating group) is 1. The Balaban J connectivity index is 1.57. The fourth-order valence-corrected chi connectivity index (χ4v) is 5.46. The second kappa shape index (κ2) is 7.52. The fourth-order valence-electron chi connectivity index (χ4n) is 3.97. The maximum atomic E-state index is 13.0. The van der Waals surface area contributed by atoms with Crippen molar-refractivity contribution >= 4 is 26.7 Å². The number of H-pyrrole nitrogens is 1. The van der Waals surface area contributed by atoms with Crippen LogP contribution in [0.4, 0.5) is 5.69 Å². The third-order valence-corrected chi connectivity index (χ3v) is 7.42. The summed E-state index contributed by atoms with van der Waals surface area (Å²) in [5.41, 5.74) is 2.48. The number of fused-ring (bicyclic) bond motifs is 1. The zero-order valence-electron chi connectivity index (χ0n) is 16.1. The molecule has 0 radical (unpaired) electrons. The van der Waals surface area contributed by atoms with Gasteiger partial charge in [-0.2, -0.15) is 4.31 Å². The lowest BCUT2D eigenvalue weighted by Crippen LogP contribution is -2.52. The van der Waals surface area contributed by atoms with Crippen LogP contribution in [0.2, 0.25) is 0 Å². The molecular formula is C20H25N5O2S. The van der Waals surface area contributed by atoms with Crippen molar-refractivity contribution in [3.05, 3.63) is 54.6 Å². The molecule has 1 N–H and O–H groups in total. The minimum Gasteiger partial charge on any atom is -0.369 e. The summed E-state index contributed by atoms with van der Waals surface area (Å²) in [6.07, 6.45) is 6.12. The lowest BCUT2D eigenvalue weighted by molar-refractivity contribution is 0.247. The van der Waals surface area contributed by atoms with E-state index in [1.165, 1.54) is 0 Å². The number of pyridine rings is 2. The van der Waals surface area contributed by atoms with E-state index in [4.69, 9.17) is 0 Å². The lowest BCUT2D eigenvalue weighted by atomic mass is 9.93. The largest absolute Gasteiger partial charge is 0.369 e. The summed E-state index contributed by atoms with van der Waals surface area (Å²) >= 11 is 0. The summed E-state index contributed by atoms with van der Waals surface area (Å²) < 4.78 is 27.6. The van der Waals surface area contributed by atoms with Crippen molar-refractivity contribution in [2.75, 3.05) is 25.0 Å². The molecule has 1 saturated heterocycles. The Hall–Kier alpha value is -2.45. The van der Waals surface area contributed by atoms with Gasteiger partial charge in [0.25, 0.3) is 0 Å². The number of piperidine rings is 1. The van der Waals surface area contributed by atoms with E-state index in [1.807, 2.05) is 31.4 Å². The quantitative estimate of drug-likeness (QED) is 0.713. The van der Waals surface area contributed by atoms with Gasteiger partial charge in [0, 0.05) is 55.8 Å². The van der Waals surface area contributed by atoms with Crippen LogP contribution >= 0.6 is 0 Å². The first kappa shape index (κ1) is 18.9. The Morgan fingerprint density at radius 1 is 1.21 bits per heavy atom. The van der Waals surface area contributed by atoms with Crippen LogP contribution in [0.15, 0.2) is 48.9 Å². The average Bonchev–Trinajstić information content (AvgIpc) is 3.17. The third-order valence-electron chi connectivity index (χ3n) is 5.65. The van der Waals surface area contributed by atoms with E-state index in [1.54, 1.807) is 28.8 Å². The smallest absolute Gasteiger partial charge is 0.219 e. The maximum absolute atomic E-state index is 13.0. The number of nitrogens with zero attached hydrogens (tertiary/aromatic N) is 4. The molecule has 2 unspecified atom stereocenters. The van der Waals surface area contributed by atoms with Crippen LogP contribution in [-0.2, 0) is 15.8 Å². The van der Waals surface area contributed by atoms with Crippen molar-refractivity contribution in [2.24, 2.45) is 5.92 Å². The summed E-state index contributed by atoms with van der Waals surface area (Å²) in [4.78, 5) is 13.9. The molecule has 4 rings (SSSR count). The SMILES string of the molecule is CC1CCN(S(=O)(=O)Cc2ccccn2)CC1N(C)c1ccnc2[nH]ccc12. The first-order chi connectivity index (χ1) is 13.5. The molecule has 0 aliphatic carbocycles. The Morgan fingerprint density at radius 3 is 2.86 bits per heavy atom. The number of anilines is 1. The van der Waals surface area contributed by atoms with Crippen molar-refractivity contribution in [1.29, 1.82) is 0 Å².